The molecule has 2 atom stereocenters. The minimum absolute atomic E-state index is 0.0610. The van der Waals surface area contributed by atoms with Crippen LogP contribution >= 0.6 is 0 Å². The lowest BCUT2D eigenvalue weighted by atomic mass is 10.1. The van der Waals surface area contributed by atoms with Crippen molar-refractivity contribution in [3.63, 3.8) is 0 Å². The molecular weight excluding hydrogens is 400 g/mol. The van der Waals surface area contributed by atoms with Crippen molar-refractivity contribution in [3.8, 4) is 5.75 Å². The van der Waals surface area contributed by atoms with Gasteiger partial charge < -0.3 is 24.6 Å². The predicted molar refractivity (Wildman–Crippen MR) is 99.9 cm³/mol. The topological polar surface area (TPSA) is 101 Å². The maximum absolute atomic E-state index is 14.1. The molecule has 0 unspecified atom stereocenters. The number of nitrogens with one attached hydrogen (secondary N) is 1. The van der Waals surface area contributed by atoms with E-state index in [0.29, 0.717) is 29.0 Å². The highest BCUT2D eigenvalue weighted by atomic mass is 19.1. The van der Waals surface area contributed by atoms with Crippen LogP contribution in [-0.2, 0) is 17.8 Å². The summed E-state index contributed by atoms with van der Waals surface area (Å²) in [5.74, 6) is -7.01. The molecule has 1 aromatic heterocycles. The lowest BCUT2D eigenvalue weighted by Gasteiger charge is -2.44. The van der Waals surface area contributed by atoms with Crippen LogP contribution in [-0.4, -0.2) is 45.2 Å². The fourth-order valence-corrected chi connectivity index (χ4v) is 2.94. The van der Waals surface area contributed by atoms with E-state index >= 15 is 0 Å². The maximum atomic E-state index is 14.1. The van der Waals surface area contributed by atoms with Gasteiger partial charge in [-0.1, -0.05) is 6.07 Å². The number of fused-ring (bicyclic) bond motifs is 2. The van der Waals surface area contributed by atoms with Crippen molar-refractivity contribution in [2.75, 3.05) is 6.56 Å². The highest BCUT2D eigenvalue weighted by Gasteiger charge is 2.41. The molecule has 4 rings (SSSR count). The third-order valence-electron chi connectivity index (χ3n) is 4.36. The molecule has 0 bridgehead atoms. The van der Waals surface area contributed by atoms with Gasteiger partial charge in [0.1, 0.15) is 17.2 Å². The molecule has 158 valence electrons. The van der Waals surface area contributed by atoms with Crippen LogP contribution in [0.15, 0.2) is 29.2 Å². The summed E-state index contributed by atoms with van der Waals surface area (Å²) in [5, 5.41) is 12.3. The van der Waals surface area contributed by atoms with Crippen LogP contribution in [0.2, 0.25) is 0 Å². The summed E-state index contributed by atoms with van der Waals surface area (Å²) in [4.78, 5) is 39.1. The number of carbonyl (C=O) groups excluding carboxylic acids is 2. The zero-order valence-corrected chi connectivity index (χ0v) is 14.8. The number of hydrogen-bond acceptors (Lipinski definition) is 5. The van der Waals surface area contributed by atoms with E-state index in [2.05, 4.69) is 0 Å². The molecule has 0 saturated carbocycles. The standard InChI is InChI=1S/C20H19F2N3O5/c1-10-4-5-30-15-9-24-8-13(17(26)18(27)16(24)20(29)25(10)15)19(28)23-7-11-2-3-12(21)6-14(11)22/h2-3,6,8,10,15,27H,4-5,7,9H2,1H3,(H,23,28)/t10-,15+/m1/s1/i1D3,4D2,5D2,7D2,15D. The van der Waals surface area contributed by atoms with E-state index in [9.17, 15) is 28.3 Å². The van der Waals surface area contributed by atoms with Crippen LogP contribution in [0.4, 0.5) is 8.78 Å². The molecule has 0 radical (unpaired) electrons. The van der Waals surface area contributed by atoms with E-state index in [0.717, 1.165) is 0 Å². The minimum Gasteiger partial charge on any atom is -0.503 e. The summed E-state index contributed by atoms with van der Waals surface area (Å²) in [6.45, 7) is -10.9. The maximum Gasteiger partial charge on any atom is 0.276 e. The number of ether oxygens (including phenoxy) is 1. The molecule has 1 fully saturated rings. The second-order valence-corrected chi connectivity index (χ2v) is 6.22. The van der Waals surface area contributed by atoms with E-state index in [1.54, 1.807) is 5.32 Å². The Hall–Kier alpha value is -3.27. The number of benzene rings is 1. The van der Waals surface area contributed by atoms with E-state index in [-0.39, 0.29) is 4.90 Å². The van der Waals surface area contributed by atoms with Crippen LogP contribution in [0.25, 0.3) is 0 Å². The van der Waals surface area contributed by atoms with E-state index < -0.39 is 96.5 Å². The average Bonchev–Trinajstić information content (AvgIpc) is 2.75. The van der Waals surface area contributed by atoms with Gasteiger partial charge >= 0.3 is 0 Å². The molecule has 0 aliphatic carbocycles. The molecule has 2 aliphatic heterocycles. The predicted octanol–water partition coefficient (Wildman–Crippen LogP) is 1.35. The van der Waals surface area contributed by atoms with Crippen molar-refractivity contribution in [1.82, 2.24) is 14.8 Å². The zero-order valence-electron chi connectivity index (χ0n) is 24.8. The van der Waals surface area contributed by atoms with Crippen LogP contribution in [0.5, 0.6) is 5.75 Å². The number of aromatic nitrogens is 1. The Balaban J connectivity index is 1.81. The van der Waals surface area contributed by atoms with Crippen LogP contribution in [0.3, 0.4) is 0 Å². The van der Waals surface area contributed by atoms with Gasteiger partial charge in [0.05, 0.1) is 20.0 Å². The largest absolute Gasteiger partial charge is 0.503 e. The first-order chi connectivity index (χ1) is 18.0. The average molecular weight is 429 g/mol. The third kappa shape index (κ3) is 3.32. The number of pyridine rings is 1. The first-order valence-corrected chi connectivity index (χ1v) is 8.33. The summed E-state index contributed by atoms with van der Waals surface area (Å²) in [6.07, 6.45) is -5.78. The Bertz CT molecular complexity index is 1500. The lowest BCUT2D eigenvalue weighted by Crippen LogP contribution is -2.57. The molecule has 2 amide bonds. The highest BCUT2D eigenvalue weighted by molar-refractivity contribution is 5.99. The molecule has 10 heteroatoms. The molecular formula is C20H19F2N3O5. The SMILES string of the molecule is [2H]C([2H])(NC(=O)c1cn2c(c(O)c1=O)C(=O)N1[C@H](C([2H])([2H])[2H])C([2H])([2H])C([2H])([2H])O[C@@]1([2H])C2)c1ccc(F)cc1F. The van der Waals surface area contributed by atoms with Crippen LogP contribution in [0.1, 0.15) is 53.3 Å². The van der Waals surface area contributed by atoms with E-state index in [4.69, 9.17) is 18.4 Å². The van der Waals surface area contributed by atoms with Gasteiger partial charge in [0.25, 0.3) is 11.8 Å². The quantitative estimate of drug-likeness (QED) is 0.767. The number of nitrogens with zero attached hydrogens (tertiary/aromatic N) is 2. The van der Waals surface area contributed by atoms with Crippen molar-refractivity contribution in [1.29, 1.82) is 0 Å². The van der Waals surface area contributed by atoms with Crippen LogP contribution in [0, 0.1) is 11.6 Å². The third-order valence-corrected chi connectivity index (χ3v) is 4.36. The Morgan fingerprint density at radius 2 is 2.30 bits per heavy atom. The van der Waals surface area contributed by atoms with Gasteiger partial charge in [0, 0.05) is 37.2 Å². The summed E-state index contributed by atoms with van der Waals surface area (Å²) in [5.41, 5.74) is -4.39. The number of halogens is 2. The number of amides is 2. The summed E-state index contributed by atoms with van der Waals surface area (Å²) < 4.78 is 113. The Labute approximate surface area is 183 Å². The van der Waals surface area contributed by atoms with Gasteiger partial charge in [-0.25, -0.2) is 8.78 Å². The minimum atomic E-state index is -3.43. The molecule has 2 N–H and O–H groups in total. The van der Waals surface area contributed by atoms with Gasteiger partial charge in [0.2, 0.25) is 5.43 Å². The molecule has 0 spiro atoms. The molecule has 2 aliphatic rings. The van der Waals surface area contributed by atoms with Crippen molar-refractivity contribution in [2.24, 2.45) is 0 Å². The second kappa shape index (κ2) is 7.52. The zero-order chi connectivity index (χ0) is 30.4. The van der Waals surface area contributed by atoms with Crippen molar-refractivity contribution < 1.29 is 41.9 Å². The van der Waals surface area contributed by atoms with Crippen molar-refractivity contribution in [2.45, 2.75) is 38.5 Å². The first-order valence-electron chi connectivity index (χ1n) is 13.3. The Morgan fingerprint density at radius 1 is 1.50 bits per heavy atom. The smallest absolute Gasteiger partial charge is 0.276 e. The molecule has 3 heterocycles. The molecule has 1 aromatic carbocycles. The number of carbonyl (C=O) groups is 2. The van der Waals surface area contributed by atoms with Crippen molar-refractivity contribution in [3.05, 3.63) is 63.1 Å². The summed E-state index contributed by atoms with van der Waals surface area (Å²) in [7, 11) is 0. The van der Waals surface area contributed by atoms with Gasteiger partial charge in [0.15, 0.2) is 17.6 Å². The van der Waals surface area contributed by atoms with Gasteiger partial charge in [-0.3, -0.25) is 14.4 Å². The molecule has 30 heavy (non-hydrogen) atoms. The summed E-state index contributed by atoms with van der Waals surface area (Å²) in [6, 6.07) is -0.849. The normalized spacial score (nSPS) is 32.1. The van der Waals surface area contributed by atoms with E-state index in [1.165, 1.54) is 0 Å². The monoisotopic (exact) mass is 429 g/mol. The molecule has 2 aromatic rings. The Kier molecular flexibility index (Phi) is 2.81. The second-order valence-electron chi connectivity index (χ2n) is 6.22. The van der Waals surface area contributed by atoms with E-state index in [1.807, 2.05) is 0 Å². The Morgan fingerprint density at radius 3 is 3.03 bits per heavy atom. The number of hydrogen-bond donors (Lipinski definition) is 2. The number of rotatable bonds is 3. The first kappa shape index (κ1) is 11.2. The van der Waals surface area contributed by atoms with Gasteiger partial charge in [-0.05, 0) is 19.3 Å². The fraction of sp³-hybridized carbons (Fsp3) is 0.350. The molecule has 1 saturated heterocycles. The summed E-state index contributed by atoms with van der Waals surface area (Å²) >= 11 is 0. The van der Waals surface area contributed by atoms with Gasteiger partial charge in [-0.2, -0.15) is 0 Å². The molecule has 8 nitrogen and oxygen atoms in total. The van der Waals surface area contributed by atoms with Crippen molar-refractivity contribution >= 4 is 11.8 Å². The lowest BCUT2D eigenvalue weighted by molar-refractivity contribution is -0.112. The number of aromatic hydroxyl groups is 1. The highest BCUT2D eigenvalue weighted by Crippen LogP contribution is 2.29. The fourth-order valence-electron chi connectivity index (χ4n) is 2.94. The van der Waals surface area contributed by atoms with Crippen LogP contribution < -0.4 is 10.7 Å². The van der Waals surface area contributed by atoms with Gasteiger partial charge in [-0.15, -0.1) is 0 Å².